The van der Waals surface area contributed by atoms with E-state index in [4.69, 9.17) is 4.74 Å². The summed E-state index contributed by atoms with van der Waals surface area (Å²) < 4.78 is 18.3. The quantitative estimate of drug-likeness (QED) is 0.848. The molecule has 4 rings (SSSR count). The lowest BCUT2D eigenvalue weighted by atomic mass is 10.1. The molecule has 0 saturated carbocycles. The summed E-state index contributed by atoms with van der Waals surface area (Å²) >= 11 is 1.30. The van der Waals surface area contributed by atoms with E-state index in [2.05, 4.69) is 10.3 Å². The van der Waals surface area contributed by atoms with E-state index in [0.29, 0.717) is 55.8 Å². The Hall–Kier alpha value is -2.52. The van der Waals surface area contributed by atoms with Crippen LogP contribution in [0.25, 0.3) is 0 Å². The molecule has 2 aliphatic rings. The van der Waals surface area contributed by atoms with Crippen LogP contribution in [0.4, 0.5) is 15.2 Å². The first-order valence-electron chi connectivity index (χ1n) is 9.27. The predicted molar refractivity (Wildman–Crippen MR) is 103 cm³/mol. The lowest BCUT2D eigenvalue weighted by Gasteiger charge is -2.32. The van der Waals surface area contributed by atoms with E-state index in [1.54, 1.807) is 27.3 Å². The molecule has 0 aliphatic carbocycles. The van der Waals surface area contributed by atoms with Crippen molar-refractivity contribution in [3.63, 3.8) is 0 Å². The van der Waals surface area contributed by atoms with Gasteiger partial charge in [0.25, 0.3) is 5.91 Å². The number of hydrogen-bond acceptors (Lipinski definition) is 6. The summed E-state index contributed by atoms with van der Waals surface area (Å²) in [6.45, 7) is 2.77. The molecule has 0 unspecified atom stereocenters. The predicted octanol–water partition coefficient (Wildman–Crippen LogP) is 2.49. The molecule has 0 bridgehead atoms. The number of hydrogen-bond donors (Lipinski definition) is 1. The highest BCUT2D eigenvalue weighted by Gasteiger charge is 2.37. The highest BCUT2D eigenvalue weighted by Crippen LogP contribution is 2.26. The Morgan fingerprint density at radius 3 is 2.68 bits per heavy atom. The number of rotatable bonds is 4. The maximum Gasteiger partial charge on any atom is 0.274 e. The van der Waals surface area contributed by atoms with Gasteiger partial charge in [-0.25, -0.2) is 9.37 Å². The zero-order chi connectivity index (χ0) is 19.5. The maximum atomic E-state index is 13.0. The molecule has 2 amide bonds. The highest BCUT2D eigenvalue weighted by molar-refractivity contribution is 7.14. The standard InChI is InChI=1S/C19H21FN4O3S/c20-13-3-5-14(6-4-13)21-19-22-15(12-28-19)17(25)24-7-1-2-16(24)18(26)23-8-10-27-11-9-23/h3-6,12,16H,1-2,7-11H2,(H,21,22)/t16-/m0/s1. The van der Waals surface area contributed by atoms with Crippen LogP contribution in [0.1, 0.15) is 23.3 Å². The van der Waals surface area contributed by atoms with Gasteiger partial charge in [0.1, 0.15) is 17.6 Å². The normalized spacial score (nSPS) is 19.7. The van der Waals surface area contributed by atoms with Gasteiger partial charge < -0.3 is 19.9 Å². The second-order valence-electron chi connectivity index (χ2n) is 6.76. The van der Waals surface area contributed by atoms with Crippen molar-refractivity contribution < 1.29 is 18.7 Å². The molecule has 0 spiro atoms. The molecule has 9 heteroatoms. The van der Waals surface area contributed by atoms with Crippen LogP contribution in [0.2, 0.25) is 0 Å². The third-order valence-electron chi connectivity index (χ3n) is 4.94. The number of anilines is 2. The third-order valence-corrected chi connectivity index (χ3v) is 5.70. The summed E-state index contributed by atoms with van der Waals surface area (Å²) in [6.07, 6.45) is 1.48. The number of aromatic nitrogens is 1. The first-order chi connectivity index (χ1) is 13.6. The highest BCUT2D eigenvalue weighted by atomic mass is 32.1. The van der Waals surface area contributed by atoms with E-state index in [9.17, 15) is 14.0 Å². The minimum absolute atomic E-state index is 0.00552. The molecule has 2 aromatic rings. The van der Waals surface area contributed by atoms with E-state index in [-0.39, 0.29) is 17.6 Å². The number of amides is 2. The van der Waals surface area contributed by atoms with Crippen molar-refractivity contribution in [3.8, 4) is 0 Å². The number of halogens is 1. The van der Waals surface area contributed by atoms with Crippen LogP contribution >= 0.6 is 11.3 Å². The van der Waals surface area contributed by atoms with E-state index in [0.717, 1.165) is 6.42 Å². The van der Waals surface area contributed by atoms with Gasteiger partial charge in [-0.3, -0.25) is 9.59 Å². The molecular formula is C19H21FN4O3S. The van der Waals surface area contributed by atoms with Crippen molar-refractivity contribution in [2.45, 2.75) is 18.9 Å². The number of thiazole rings is 1. The zero-order valence-corrected chi connectivity index (χ0v) is 16.1. The lowest BCUT2D eigenvalue weighted by molar-refractivity contribution is -0.139. The van der Waals surface area contributed by atoms with Crippen LogP contribution in [-0.2, 0) is 9.53 Å². The fourth-order valence-corrected chi connectivity index (χ4v) is 4.20. The third kappa shape index (κ3) is 4.00. The minimum atomic E-state index is -0.430. The van der Waals surface area contributed by atoms with Crippen LogP contribution in [0.5, 0.6) is 0 Å². The van der Waals surface area contributed by atoms with Gasteiger partial charge >= 0.3 is 0 Å². The number of carbonyl (C=O) groups is 2. The van der Waals surface area contributed by atoms with Crippen molar-refractivity contribution in [2.75, 3.05) is 38.2 Å². The Labute approximate surface area is 166 Å². The number of ether oxygens (including phenoxy) is 1. The monoisotopic (exact) mass is 404 g/mol. The summed E-state index contributed by atoms with van der Waals surface area (Å²) in [6, 6.07) is 5.49. The van der Waals surface area contributed by atoms with E-state index >= 15 is 0 Å². The summed E-state index contributed by atoms with van der Waals surface area (Å²) in [5, 5.41) is 5.29. The molecule has 3 heterocycles. The SMILES string of the molecule is O=C([C@@H]1CCCN1C(=O)c1csc(Nc2ccc(F)cc2)n1)N1CCOCC1. The van der Waals surface area contributed by atoms with Crippen LogP contribution in [-0.4, -0.2) is 65.5 Å². The number of likely N-dealkylation sites (tertiary alicyclic amines) is 1. The Morgan fingerprint density at radius 2 is 1.93 bits per heavy atom. The molecule has 2 saturated heterocycles. The van der Waals surface area contributed by atoms with Crippen molar-refractivity contribution in [3.05, 3.63) is 41.2 Å². The first kappa shape index (κ1) is 18.8. The topological polar surface area (TPSA) is 74.8 Å². The molecule has 1 aromatic carbocycles. The summed E-state index contributed by atoms with van der Waals surface area (Å²) in [5.41, 5.74) is 1.01. The maximum absolute atomic E-state index is 13.0. The number of morpholine rings is 1. The van der Waals surface area contributed by atoms with Crippen LogP contribution < -0.4 is 5.32 Å². The Kier molecular flexibility index (Phi) is 5.54. The van der Waals surface area contributed by atoms with Gasteiger partial charge in [-0.15, -0.1) is 11.3 Å². The second kappa shape index (κ2) is 8.24. The van der Waals surface area contributed by atoms with Gasteiger partial charge in [-0.05, 0) is 37.1 Å². The van der Waals surface area contributed by atoms with Crippen LogP contribution in [0.15, 0.2) is 29.6 Å². The fourth-order valence-electron chi connectivity index (χ4n) is 3.49. The van der Waals surface area contributed by atoms with E-state index in [1.807, 2.05) is 0 Å². The molecule has 1 atom stereocenters. The number of nitrogens with zero attached hydrogens (tertiary/aromatic N) is 3. The largest absolute Gasteiger partial charge is 0.378 e. The molecule has 28 heavy (non-hydrogen) atoms. The smallest absolute Gasteiger partial charge is 0.274 e. The summed E-state index contributed by atoms with van der Waals surface area (Å²) in [4.78, 5) is 33.6. The second-order valence-corrected chi connectivity index (χ2v) is 7.62. The zero-order valence-electron chi connectivity index (χ0n) is 15.3. The van der Waals surface area contributed by atoms with Crippen molar-refractivity contribution in [1.82, 2.24) is 14.8 Å². The Morgan fingerprint density at radius 1 is 1.18 bits per heavy atom. The van der Waals surface area contributed by atoms with Gasteiger partial charge in [0, 0.05) is 30.7 Å². The van der Waals surface area contributed by atoms with Gasteiger partial charge in [0.2, 0.25) is 5.91 Å². The molecule has 148 valence electrons. The average Bonchev–Trinajstić information content (AvgIpc) is 3.39. The fraction of sp³-hybridized carbons (Fsp3) is 0.421. The summed E-state index contributed by atoms with van der Waals surface area (Å²) in [7, 11) is 0. The lowest BCUT2D eigenvalue weighted by Crippen LogP contribution is -2.51. The molecule has 7 nitrogen and oxygen atoms in total. The van der Waals surface area contributed by atoms with Crippen molar-refractivity contribution in [1.29, 1.82) is 0 Å². The molecular weight excluding hydrogens is 383 g/mol. The number of benzene rings is 1. The van der Waals surface area contributed by atoms with E-state index in [1.165, 1.54) is 23.5 Å². The van der Waals surface area contributed by atoms with Crippen LogP contribution in [0, 0.1) is 5.82 Å². The number of carbonyl (C=O) groups excluding carboxylic acids is 2. The molecule has 1 N–H and O–H groups in total. The van der Waals surface area contributed by atoms with Crippen molar-refractivity contribution >= 4 is 34.0 Å². The van der Waals surface area contributed by atoms with Crippen molar-refractivity contribution in [2.24, 2.45) is 0 Å². The molecule has 0 radical (unpaired) electrons. The van der Waals surface area contributed by atoms with Gasteiger partial charge in [-0.1, -0.05) is 0 Å². The molecule has 2 fully saturated rings. The van der Waals surface area contributed by atoms with Crippen LogP contribution in [0.3, 0.4) is 0 Å². The van der Waals surface area contributed by atoms with Gasteiger partial charge in [0.05, 0.1) is 13.2 Å². The summed E-state index contributed by atoms with van der Waals surface area (Å²) in [5.74, 6) is -0.549. The first-order valence-corrected chi connectivity index (χ1v) is 10.2. The average molecular weight is 404 g/mol. The van der Waals surface area contributed by atoms with Gasteiger partial charge in [0.15, 0.2) is 5.13 Å². The number of nitrogens with one attached hydrogen (secondary N) is 1. The minimum Gasteiger partial charge on any atom is -0.378 e. The Balaban J connectivity index is 1.44. The van der Waals surface area contributed by atoms with E-state index < -0.39 is 6.04 Å². The molecule has 2 aliphatic heterocycles. The molecule has 1 aromatic heterocycles. The van der Waals surface area contributed by atoms with Gasteiger partial charge in [-0.2, -0.15) is 0 Å². The Bertz CT molecular complexity index is 851.